The fourth-order valence-electron chi connectivity index (χ4n) is 1.12. The van der Waals surface area contributed by atoms with E-state index in [1.807, 2.05) is 27.8 Å². The maximum atomic E-state index is 9.04. The van der Waals surface area contributed by atoms with Crippen LogP contribution in [-0.2, 0) is 0 Å². The zero-order valence-corrected chi connectivity index (χ0v) is 10.7. The minimum atomic E-state index is -0.380. The van der Waals surface area contributed by atoms with Crippen LogP contribution in [0.3, 0.4) is 0 Å². The molecule has 1 aliphatic heterocycles. The van der Waals surface area contributed by atoms with Gasteiger partial charge >= 0.3 is 0 Å². The second-order valence-corrected chi connectivity index (χ2v) is 2.67. The van der Waals surface area contributed by atoms with Crippen molar-refractivity contribution in [1.82, 2.24) is 4.90 Å². The van der Waals surface area contributed by atoms with Crippen LogP contribution in [0.15, 0.2) is 0 Å². The van der Waals surface area contributed by atoms with E-state index in [0.29, 0.717) is 0 Å². The fraction of sp³-hybridized carbons (Fsp3) is 1.00. The van der Waals surface area contributed by atoms with Gasteiger partial charge in [-0.25, -0.2) is 0 Å². The Bertz CT molecular complexity index is 82.5. The molecule has 0 saturated carbocycles. The standard InChI is InChI=1S/C5H11NO.C2H6.B.Sn/c1-5(7)3-6(2)4-5;1-2;;/h7H,3-4H2,1-2H3;1-2H3;;. The first-order valence-corrected chi connectivity index (χ1v) is 3.51. The van der Waals surface area contributed by atoms with Crippen LogP contribution in [0.4, 0.5) is 0 Å². The number of likely N-dealkylation sites (tertiary alicyclic amines) is 1. The number of rotatable bonds is 0. The first kappa shape index (κ1) is 17.8. The minimum Gasteiger partial charge on any atom is -0.388 e. The zero-order chi connectivity index (χ0) is 7.49. The molecule has 0 aliphatic carbocycles. The SMILES string of the molecule is CC.CN1CC(C)(O)C1.[B].[Sn]. The molecule has 0 aromatic carbocycles. The Balaban J connectivity index is -0.000000149. The number of β-amino-alcohol motifs (C(OH)–C–C–N with tert-alkyl or cyclic N) is 1. The van der Waals surface area contributed by atoms with Crippen molar-refractivity contribution in [3.63, 3.8) is 0 Å². The van der Waals surface area contributed by atoms with Crippen molar-refractivity contribution in [2.75, 3.05) is 20.1 Å². The summed E-state index contributed by atoms with van der Waals surface area (Å²) in [6.45, 7) is 7.51. The van der Waals surface area contributed by atoms with Crippen molar-refractivity contribution < 1.29 is 5.11 Å². The Hall–Kier alpha value is 0.784. The van der Waals surface area contributed by atoms with Crippen molar-refractivity contribution in [2.24, 2.45) is 0 Å². The summed E-state index contributed by atoms with van der Waals surface area (Å²) in [6, 6.07) is 0. The maximum absolute atomic E-state index is 9.04. The maximum Gasteiger partial charge on any atom is 0.0872 e. The molecule has 1 heterocycles. The van der Waals surface area contributed by atoms with Crippen LogP contribution in [0.2, 0.25) is 0 Å². The molecule has 2 nitrogen and oxygen atoms in total. The molecule has 0 bridgehead atoms. The molecule has 0 atom stereocenters. The molecule has 7 radical (unpaired) electrons. The van der Waals surface area contributed by atoms with Gasteiger partial charge in [-0.2, -0.15) is 0 Å². The average Bonchev–Trinajstić information content (AvgIpc) is 1.67. The van der Waals surface area contributed by atoms with Gasteiger partial charge in [0.05, 0.1) is 5.60 Å². The summed E-state index contributed by atoms with van der Waals surface area (Å²) in [5, 5.41) is 9.04. The molecule has 1 aliphatic rings. The molecule has 0 unspecified atom stereocenters. The van der Waals surface area contributed by atoms with E-state index in [2.05, 4.69) is 4.90 Å². The van der Waals surface area contributed by atoms with Gasteiger partial charge in [-0.3, -0.25) is 0 Å². The van der Waals surface area contributed by atoms with E-state index in [1.165, 1.54) is 0 Å². The van der Waals surface area contributed by atoms with Crippen LogP contribution >= 0.6 is 0 Å². The number of hydrogen-bond acceptors (Lipinski definition) is 2. The van der Waals surface area contributed by atoms with E-state index in [-0.39, 0.29) is 37.9 Å². The Labute approximate surface area is 88.9 Å². The van der Waals surface area contributed by atoms with Gasteiger partial charge in [0.25, 0.3) is 0 Å². The van der Waals surface area contributed by atoms with Gasteiger partial charge in [-0.1, -0.05) is 13.8 Å². The van der Waals surface area contributed by atoms with Crippen LogP contribution in [0.5, 0.6) is 0 Å². The van der Waals surface area contributed by atoms with Crippen LogP contribution in [-0.4, -0.2) is 68.1 Å². The van der Waals surface area contributed by atoms with Gasteiger partial charge in [0, 0.05) is 45.4 Å². The van der Waals surface area contributed by atoms with Crippen molar-refractivity contribution in [2.45, 2.75) is 26.4 Å². The molecule has 0 aromatic rings. The first-order valence-electron chi connectivity index (χ1n) is 3.51. The summed E-state index contributed by atoms with van der Waals surface area (Å²) < 4.78 is 0. The molecular weight excluding hydrogens is 244 g/mol. The topological polar surface area (TPSA) is 23.5 Å². The Morgan fingerprint density at radius 2 is 1.55 bits per heavy atom. The van der Waals surface area contributed by atoms with E-state index in [9.17, 15) is 0 Å². The van der Waals surface area contributed by atoms with Gasteiger partial charge < -0.3 is 10.0 Å². The van der Waals surface area contributed by atoms with E-state index < -0.39 is 0 Å². The summed E-state index contributed by atoms with van der Waals surface area (Å²) in [7, 11) is 2.00. The van der Waals surface area contributed by atoms with Crippen LogP contribution in [0.1, 0.15) is 20.8 Å². The molecule has 4 heteroatoms. The molecule has 11 heavy (non-hydrogen) atoms. The molecule has 63 valence electrons. The Morgan fingerprint density at radius 3 is 1.55 bits per heavy atom. The van der Waals surface area contributed by atoms with E-state index in [1.54, 1.807) is 0 Å². The molecular formula is C7H17BNOSn. The summed E-state index contributed by atoms with van der Waals surface area (Å²) in [6.07, 6.45) is 0. The summed E-state index contributed by atoms with van der Waals surface area (Å²) >= 11 is 0. The third-order valence-corrected chi connectivity index (χ3v) is 1.22. The number of nitrogens with zero attached hydrogens (tertiary/aromatic N) is 1. The van der Waals surface area contributed by atoms with Crippen LogP contribution < -0.4 is 0 Å². The molecule has 1 rings (SSSR count). The normalized spacial score (nSPS) is 19.4. The molecule has 0 amide bonds. The molecule has 1 N–H and O–H groups in total. The third-order valence-electron chi connectivity index (χ3n) is 1.22. The van der Waals surface area contributed by atoms with E-state index in [4.69, 9.17) is 5.11 Å². The van der Waals surface area contributed by atoms with Gasteiger partial charge in [-0.05, 0) is 14.0 Å². The summed E-state index contributed by atoms with van der Waals surface area (Å²) in [5.41, 5.74) is -0.380. The predicted molar refractivity (Wildman–Crippen MR) is 51.0 cm³/mol. The van der Waals surface area contributed by atoms with Gasteiger partial charge in [-0.15, -0.1) is 0 Å². The quantitative estimate of drug-likeness (QED) is 0.618. The molecule has 0 spiro atoms. The van der Waals surface area contributed by atoms with Crippen molar-refractivity contribution in [1.29, 1.82) is 0 Å². The van der Waals surface area contributed by atoms with Gasteiger partial charge in [0.15, 0.2) is 0 Å². The molecule has 1 fully saturated rings. The second kappa shape index (κ2) is 7.43. The Kier molecular flexibility index (Phi) is 12.0. The molecule has 0 aromatic heterocycles. The van der Waals surface area contributed by atoms with Gasteiger partial charge in [0.1, 0.15) is 0 Å². The smallest absolute Gasteiger partial charge is 0.0872 e. The number of likely N-dealkylation sites (N-methyl/N-ethyl adjacent to an activating group) is 1. The number of aliphatic hydroxyl groups is 1. The monoisotopic (exact) mass is 262 g/mol. The van der Waals surface area contributed by atoms with Crippen LogP contribution in [0, 0.1) is 0 Å². The number of hydrogen-bond donors (Lipinski definition) is 1. The summed E-state index contributed by atoms with van der Waals surface area (Å²) in [4.78, 5) is 2.08. The van der Waals surface area contributed by atoms with Crippen molar-refractivity contribution in [3.8, 4) is 0 Å². The average molecular weight is 261 g/mol. The fourth-order valence-corrected chi connectivity index (χ4v) is 1.12. The van der Waals surface area contributed by atoms with Gasteiger partial charge in [0.2, 0.25) is 0 Å². The Morgan fingerprint density at radius 1 is 1.27 bits per heavy atom. The molecule has 1 saturated heterocycles. The van der Waals surface area contributed by atoms with E-state index >= 15 is 0 Å². The zero-order valence-electron chi connectivity index (χ0n) is 7.89. The largest absolute Gasteiger partial charge is 0.388 e. The second-order valence-electron chi connectivity index (χ2n) is 2.67. The third kappa shape index (κ3) is 7.15. The summed E-state index contributed by atoms with van der Waals surface area (Å²) in [5.74, 6) is 0. The van der Waals surface area contributed by atoms with Crippen molar-refractivity contribution in [3.05, 3.63) is 0 Å². The predicted octanol–water partition coefficient (Wildman–Crippen LogP) is -0.0526. The van der Waals surface area contributed by atoms with E-state index in [0.717, 1.165) is 13.1 Å². The first-order chi connectivity index (χ1) is 4.10. The van der Waals surface area contributed by atoms with Crippen molar-refractivity contribution >= 4 is 32.3 Å². The minimum absolute atomic E-state index is 0. The van der Waals surface area contributed by atoms with Crippen LogP contribution in [0.25, 0.3) is 0 Å².